The summed E-state index contributed by atoms with van der Waals surface area (Å²) in [7, 11) is -3.64. The van der Waals surface area contributed by atoms with Gasteiger partial charge in [-0.15, -0.1) is 0 Å². The zero-order valence-electron chi connectivity index (χ0n) is 14.1. The first-order valence-corrected chi connectivity index (χ1v) is 9.56. The van der Waals surface area contributed by atoms with Crippen molar-refractivity contribution in [2.75, 3.05) is 4.72 Å². The average Bonchev–Trinajstić information content (AvgIpc) is 2.56. The minimum absolute atomic E-state index is 0.203. The molecule has 3 rings (SSSR count). The predicted molar refractivity (Wildman–Crippen MR) is 100 cm³/mol. The molecule has 2 aromatic carbocycles. The van der Waals surface area contributed by atoms with Crippen molar-refractivity contribution in [1.29, 1.82) is 0 Å². The van der Waals surface area contributed by atoms with Crippen LogP contribution in [-0.4, -0.2) is 18.4 Å². The number of hydrogen-bond donors (Lipinski definition) is 1. The van der Waals surface area contributed by atoms with Crippen molar-refractivity contribution >= 4 is 27.3 Å². The van der Waals surface area contributed by atoms with E-state index in [-0.39, 0.29) is 10.0 Å². The van der Waals surface area contributed by atoms with Crippen LogP contribution in [0.5, 0.6) is 11.6 Å². The maximum Gasteiger partial charge on any atom is 0.261 e. The van der Waals surface area contributed by atoms with Gasteiger partial charge in [0, 0.05) is 11.8 Å². The summed E-state index contributed by atoms with van der Waals surface area (Å²) in [6.45, 7) is 3.61. The number of hydrogen-bond acceptors (Lipinski definition) is 5. The van der Waals surface area contributed by atoms with Crippen molar-refractivity contribution in [1.82, 2.24) is 9.97 Å². The second-order valence-electron chi connectivity index (χ2n) is 5.62. The van der Waals surface area contributed by atoms with Gasteiger partial charge in [-0.2, -0.15) is 4.98 Å². The summed E-state index contributed by atoms with van der Waals surface area (Å²) in [4.78, 5) is 8.29. The number of sulfonamides is 1. The van der Waals surface area contributed by atoms with Gasteiger partial charge in [-0.3, -0.25) is 4.72 Å². The van der Waals surface area contributed by atoms with Crippen molar-refractivity contribution in [3.63, 3.8) is 0 Å². The quantitative estimate of drug-likeness (QED) is 0.656. The van der Waals surface area contributed by atoms with Crippen LogP contribution in [0.25, 0.3) is 0 Å². The molecule has 1 heterocycles. The molecule has 0 unspecified atom stereocenters. The fourth-order valence-electron chi connectivity index (χ4n) is 2.20. The van der Waals surface area contributed by atoms with E-state index in [9.17, 15) is 8.42 Å². The Balaban J connectivity index is 1.74. The number of halogens is 1. The summed E-state index contributed by atoms with van der Waals surface area (Å²) in [5.74, 6) is 1.31. The number of nitrogens with one attached hydrogen (secondary N) is 1. The molecule has 0 saturated carbocycles. The van der Waals surface area contributed by atoms with Gasteiger partial charge in [-0.25, -0.2) is 13.4 Å². The highest BCUT2D eigenvalue weighted by Gasteiger charge is 2.14. The Morgan fingerprint density at radius 2 is 1.62 bits per heavy atom. The normalized spacial score (nSPS) is 11.2. The maximum atomic E-state index is 12.4. The molecular weight excluding hydrogens is 374 g/mol. The van der Waals surface area contributed by atoms with Gasteiger partial charge in [-0.1, -0.05) is 29.3 Å². The van der Waals surface area contributed by atoms with Gasteiger partial charge in [-0.05, 0) is 50.2 Å². The van der Waals surface area contributed by atoms with Crippen LogP contribution in [0.3, 0.4) is 0 Å². The number of anilines is 1. The Bertz CT molecular complexity index is 1000. The van der Waals surface area contributed by atoms with Crippen LogP contribution in [0.1, 0.15) is 11.4 Å². The number of ether oxygens (including phenoxy) is 1. The van der Waals surface area contributed by atoms with Crippen molar-refractivity contribution in [2.24, 2.45) is 0 Å². The average molecular weight is 390 g/mol. The third-order valence-corrected chi connectivity index (χ3v) is 5.03. The molecule has 134 valence electrons. The molecule has 0 radical (unpaired) electrons. The van der Waals surface area contributed by atoms with E-state index >= 15 is 0 Å². The Kier molecular flexibility index (Phi) is 5.11. The molecule has 8 heteroatoms. The van der Waals surface area contributed by atoms with E-state index in [1.165, 1.54) is 6.07 Å². The number of aryl methyl sites for hydroxylation is 2. The molecule has 1 aromatic heterocycles. The lowest BCUT2D eigenvalue weighted by molar-refractivity contribution is 0.460. The van der Waals surface area contributed by atoms with E-state index in [2.05, 4.69) is 14.7 Å². The van der Waals surface area contributed by atoms with Crippen molar-refractivity contribution in [3.05, 3.63) is 71.1 Å². The van der Waals surface area contributed by atoms with E-state index < -0.39 is 10.0 Å². The highest BCUT2D eigenvalue weighted by atomic mass is 35.5. The van der Waals surface area contributed by atoms with Gasteiger partial charge < -0.3 is 4.74 Å². The van der Waals surface area contributed by atoms with E-state index in [4.69, 9.17) is 16.3 Å². The van der Waals surface area contributed by atoms with Crippen LogP contribution in [0.4, 0.5) is 5.69 Å². The molecule has 1 N–H and O–H groups in total. The van der Waals surface area contributed by atoms with E-state index in [0.717, 1.165) is 5.56 Å². The predicted octanol–water partition coefficient (Wildman–Crippen LogP) is 4.34. The second kappa shape index (κ2) is 7.31. The molecule has 0 atom stereocenters. The Hall–Kier alpha value is -2.64. The molecule has 0 amide bonds. The molecule has 0 aliphatic heterocycles. The van der Waals surface area contributed by atoms with Crippen LogP contribution in [0.2, 0.25) is 5.15 Å². The highest BCUT2D eigenvalue weighted by Crippen LogP contribution is 2.24. The van der Waals surface area contributed by atoms with Crippen molar-refractivity contribution in [2.45, 2.75) is 18.7 Å². The van der Waals surface area contributed by atoms with Gasteiger partial charge in [0.05, 0.1) is 4.90 Å². The lowest BCUT2D eigenvalue weighted by Gasteiger charge is -2.10. The molecule has 3 aromatic rings. The Morgan fingerprint density at radius 3 is 2.23 bits per heavy atom. The second-order valence-corrected chi connectivity index (χ2v) is 7.69. The molecule has 26 heavy (non-hydrogen) atoms. The van der Waals surface area contributed by atoms with Gasteiger partial charge in [0.15, 0.2) is 0 Å². The lowest BCUT2D eigenvalue weighted by Crippen LogP contribution is -2.12. The molecule has 0 aliphatic carbocycles. The van der Waals surface area contributed by atoms with Crippen molar-refractivity contribution < 1.29 is 13.2 Å². The summed E-state index contributed by atoms with van der Waals surface area (Å²) in [6.07, 6.45) is 0. The van der Waals surface area contributed by atoms with Gasteiger partial charge in [0.1, 0.15) is 16.7 Å². The first kappa shape index (κ1) is 18.2. The zero-order valence-corrected chi connectivity index (χ0v) is 15.7. The monoisotopic (exact) mass is 389 g/mol. The Morgan fingerprint density at radius 1 is 0.962 bits per heavy atom. The SMILES string of the molecule is Cc1ccc(S(=O)(=O)Nc2ccc(Oc3cc(Cl)nc(C)n3)cc2)cc1. The standard InChI is InChI=1S/C18H16ClN3O3S/c1-12-3-9-16(10-4-12)26(23,24)22-14-5-7-15(8-6-14)25-18-11-17(19)20-13(2)21-18/h3-11,22H,1-2H3. The smallest absolute Gasteiger partial charge is 0.261 e. The summed E-state index contributed by atoms with van der Waals surface area (Å²) < 4.78 is 32.9. The van der Waals surface area contributed by atoms with E-state index in [1.54, 1.807) is 55.5 Å². The molecular formula is C18H16ClN3O3S. The molecule has 0 fully saturated rings. The summed E-state index contributed by atoms with van der Waals surface area (Å²) in [6, 6.07) is 14.6. The fourth-order valence-corrected chi connectivity index (χ4v) is 3.48. The maximum absolute atomic E-state index is 12.4. The summed E-state index contributed by atoms with van der Waals surface area (Å²) in [5, 5.41) is 0.287. The first-order chi connectivity index (χ1) is 12.3. The van der Waals surface area contributed by atoms with Crippen LogP contribution in [0.15, 0.2) is 59.5 Å². The van der Waals surface area contributed by atoms with Gasteiger partial charge in [0.2, 0.25) is 5.88 Å². The van der Waals surface area contributed by atoms with Crippen LogP contribution >= 0.6 is 11.6 Å². The minimum atomic E-state index is -3.64. The van der Waals surface area contributed by atoms with Crippen molar-refractivity contribution in [3.8, 4) is 11.6 Å². The molecule has 0 spiro atoms. The van der Waals surface area contributed by atoms with Crippen LogP contribution in [-0.2, 0) is 10.0 Å². The summed E-state index contributed by atoms with van der Waals surface area (Å²) >= 11 is 5.87. The minimum Gasteiger partial charge on any atom is -0.439 e. The lowest BCUT2D eigenvalue weighted by atomic mass is 10.2. The van der Waals surface area contributed by atoms with Crippen LogP contribution < -0.4 is 9.46 Å². The largest absolute Gasteiger partial charge is 0.439 e. The number of aromatic nitrogens is 2. The highest BCUT2D eigenvalue weighted by molar-refractivity contribution is 7.92. The summed E-state index contributed by atoms with van der Waals surface area (Å²) in [5.41, 5.74) is 1.42. The van der Waals surface area contributed by atoms with Gasteiger partial charge >= 0.3 is 0 Å². The Labute approximate surface area is 156 Å². The molecule has 6 nitrogen and oxygen atoms in total. The third kappa shape index (κ3) is 4.50. The van der Waals surface area contributed by atoms with Gasteiger partial charge in [0.25, 0.3) is 10.0 Å². The molecule has 0 bridgehead atoms. The van der Waals surface area contributed by atoms with Crippen LogP contribution in [0, 0.1) is 13.8 Å². The topological polar surface area (TPSA) is 81.2 Å². The molecule has 0 aliphatic rings. The van der Waals surface area contributed by atoms with E-state index in [0.29, 0.717) is 23.1 Å². The molecule has 0 saturated heterocycles. The fraction of sp³-hybridized carbons (Fsp3) is 0.111. The number of benzene rings is 2. The first-order valence-electron chi connectivity index (χ1n) is 7.70. The van der Waals surface area contributed by atoms with E-state index in [1.807, 2.05) is 6.92 Å². The third-order valence-electron chi connectivity index (χ3n) is 3.44. The number of rotatable bonds is 5. The number of nitrogens with zero attached hydrogens (tertiary/aromatic N) is 2. The zero-order chi connectivity index (χ0) is 18.7.